The number of anilines is 2. The molecule has 2 rings (SSSR count). The van der Waals surface area contributed by atoms with Gasteiger partial charge in [0, 0.05) is 12.1 Å². The molecule has 0 saturated heterocycles. The molecular weight excluding hydrogens is 379 g/mol. The predicted octanol–water partition coefficient (Wildman–Crippen LogP) is 3.89. The van der Waals surface area contributed by atoms with Crippen molar-refractivity contribution in [1.82, 2.24) is 0 Å². The van der Waals surface area contributed by atoms with E-state index < -0.39 is 24.4 Å². The van der Waals surface area contributed by atoms with Crippen LogP contribution in [0.25, 0.3) is 0 Å². The third kappa shape index (κ3) is 6.38. The molecule has 0 aliphatic heterocycles. The monoisotopic (exact) mass is 394 g/mol. The van der Waals surface area contributed by atoms with E-state index in [0.29, 0.717) is 16.4 Å². The number of hydrogen-bond acceptors (Lipinski definition) is 4. The summed E-state index contributed by atoms with van der Waals surface area (Å²) in [6.07, 6.45) is -0.273. The van der Waals surface area contributed by atoms with Crippen LogP contribution >= 0.6 is 23.2 Å². The normalized spacial score (nSPS) is 10.1. The number of benzene rings is 2. The standard InChI is InChI=1S/C18H16Cl2N2O4/c19-13-7-4-8-14(18(13)20)22-15(23)9-10-17(25)26-11-16(24)21-12-5-2-1-3-6-12/h1-8H,9-11H2,(H,21,24)(H,22,23). The van der Waals surface area contributed by atoms with E-state index in [-0.39, 0.29) is 17.9 Å². The summed E-state index contributed by atoms with van der Waals surface area (Å²) in [5.74, 6) is -1.53. The van der Waals surface area contributed by atoms with Crippen LogP contribution in [0.15, 0.2) is 48.5 Å². The Morgan fingerprint density at radius 3 is 2.31 bits per heavy atom. The van der Waals surface area contributed by atoms with Crippen LogP contribution in [0.5, 0.6) is 0 Å². The largest absolute Gasteiger partial charge is 0.456 e. The average molecular weight is 395 g/mol. The topological polar surface area (TPSA) is 84.5 Å². The van der Waals surface area contributed by atoms with Gasteiger partial charge in [0.25, 0.3) is 5.91 Å². The zero-order chi connectivity index (χ0) is 18.9. The molecule has 0 aromatic heterocycles. The Kier molecular flexibility index (Phi) is 7.44. The van der Waals surface area contributed by atoms with Gasteiger partial charge in [-0.15, -0.1) is 0 Å². The van der Waals surface area contributed by atoms with Crippen molar-refractivity contribution in [2.75, 3.05) is 17.2 Å². The molecule has 2 aromatic rings. The van der Waals surface area contributed by atoms with Gasteiger partial charge in [0.1, 0.15) is 0 Å². The Labute approximate surface area is 160 Å². The highest BCUT2D eigenvalue weighted by atomic mass is 35.5. The zero-order valence-corrected chi connectivity index (χ0v) is 15.1. The van der Waals surface area contributed by atoms with Gasteiger partial charge in [-0.3, -0.25) is 14.4 Å². The molecule has 8 heteroatoms. The number of rotatable bonds is 7. The van der Waals surface area contributed by atoms with Crippen LogP contribution in [0.1, 0.15) is 12.8 Å². The molecule has 2 aromatic carbocycles. The van der Waals surface area contributed by atoms with Crippen LogP contribution in [-0.2, 0) is 19.1 Å². The van der Waals surface area contributed by atoms with E-state index in [2.05, 4.69) is 10.6 Å². The molecule has 0 radical (unpaired) electrons. The van der Waals surface area contributed by atoms with Crippen molar-refractivity contribution in [3.05, 3.63) is 58.6 Å². The molecule has 0 aliphatic rings. The Morgan fingerprint density at radius 2 is 1.58 bits per heavy atom. The van der Waals surface area contributed by atoms with Crippen LogP contribution in [0.4, 0.5) is 11.4 Å². The fourth-order valence-electron chi connectivity index (χ4n) is 1.97. The minimum atomic E-state index is -0.652. The van der Waals surface area contributed by atoms with Gasteiger partial charge in [0.05, 0.1) is 22.2 Å². The molecule has 2 N–H and O–H groups in total. The summed E-state index contributed by atoms with van der Waals surface area (Å²) < 4.78 is 4.84. The average Bonchev–Trinajstić information content (AvgIpc) is 2.63. The van der Waals surface area contributed by atoms with E-state index in [1.807, 2.05) is 6.07 Å². The highest BCUT2D eigenvalue weighted by molar-refractivity contribution is 6.43. The quantitative estimate of drug-likeness (QED) is 0.697. The minimum absolute atomic E-state index is 0.109. The molecule has 0 fully saturated rings. The van der Waals surface area contributed by atoms with E-state index in [1.54, 1.807) is 42.5 Å². The summed E-state index contributed by atoms with van der Waals surface area (Å²) in [6, 6.07) is 13.6. The van der Waals surface area contributed by atoms with E-state index in [4.69, 9.17) is 27.9 Å². The number of carbonyl (C=O) groups is 3. The van der Waals surface area contributed by atoms with Gasteiger partial charge in [-0.1, -0.05) is 47.5 Å². The lowest BCUT2D eigenvalue weighted by Crippen LogP contribution is -2.21. The number of amides is 2. The number of esters is 1. The molecule has 0 bridgehead atoms. The summed E-state index contributed by atoms with van der Waals surface area (Å²) >= 11 is 11.8. The Balaban J connectivity index is 1.70. The van der Waals surface area contributed by atoms with Crippen LogP contribution in [0.3, 0.4) is 0 Å². The summed E-state index contributed by atoms with van der Waals surface area (Å²) in [7, 11) is 0. The number of para-hydroxylation sites is 1. The van der Waals surface area contributed by atoms with Crippen molar-refractivity contribution >= 4 is 52.4 Å². The summed E-state index contributed by atoms with van der Waals surface area (Å²) in [4.78, 5) is 35.2. The number of halogens is 2. The maximum atomic E-state index is 11.9. The third-order valence-corrected chi connectivity index (χ3v) is 4.02. The van der Waals surface area contributed by atoms with Gasteiger partial charge in [0.2, 0.25) is 5.91 Å². The number of ether oxygens (including phenoxy) is 1. The Hall–Kier alpha value is -2.57. The molecule has 0 heterocycles. The summed E-state index contributed by atoms with van der Waals surface area (Å²) in [5.41, 5.74) is 0.964. The fourth-order valence-corrected chi connectivity index (χ4v) is 2.31. The second kappa shape index (κ2) is 9.79. The first kappa shape index (κ1) is 19.8. The minimum Gasteiger partial charge on any atom is -0.456 e. The van der Waals surface area contributed by atoms with Gasteiger partial charge in [0.15, 0.2) is 6.61 Å². The molecule has 2 amide bonds. The molecule has 136 valence electrons. The van der Waals surface area contributed by atoms with E-state index in [1.165, 1.54) is 0 Å². The van der Waals surface area contributed by atoms with Gasteiger partial charge >= 0.3 is 5.97 Å². The zero-order valence-electron chi connectivity index (χ0n) is 13.6. The lowest BCUT2D eigenvalue weighted by atomic mass is 10.2. The second-order valence-electron chi connectivity index (χ2n) is 5.22. The fraction of sp³-hybridized carbons (Fsp3) is 0.167. The highest BCUT2D eigenvalue weighted by Gasteiger charge is 2.12. The van der Waals surface area contributed by atoms with Crippen molar-refractivity contribution in [3.63, 3.8) is 0 Å². The van der Waals surface area contributed by atoms with E-state index in [9.17, 15) is 14.4 Å². The molecule has 0 spiro atoms. The summed E-state index contributed by atoms with van der Waals surface area (Å²) in [6.45, 7) is -0.421. The third-order valence-electron chi connectivity index (χ3n) is 3.20. The first-order valence-electron chi connectivity index (χ1n) is 7.70. The summed E-state index contributed by atoms with van der Waals surface area (Å²) in [5, 5.41) is 5.68. The lowest BCUT2D eigenvalue weighted by Gasteiger charge is -2.08. The Bertz CT molecular complexity index is 797. The van der Waals surface area contributed by atoms with Crippen molar-refractivity contribution in [2.24, 2.45) is 0 Å². The molecule has 26 heavy (non-hydrogen) atoms. The number of carbonyl (C=O) groups excluding carboxylic acids is 3. The van der Waals surface area contributed by atoms with Crippen molar-refractivity contribution in [2.45, 2.75) is 12.8 Å². The van der Waals surface area contributed by atoms with Crippen molar-refractivity contribution in [3.8, 4) is 0 Å². The van der Waals surface area contributed by atoms with Gasteiger partial charge in [-0.25, -0.2) is 0 Å². The molecule has 0 saturated carbocycles. The first-order chi connectivity index (χ1) is 12.5. The molecule has 0 unspecified atom stereocenters. The molecule has 0 aliphatic carbocycles. The molecule has 6 nitrogen and oxygen atoms in total. The smallest absolute Gasteiger partial charge is 0.306 e. The van der Waals surface area contributed by atoms with Gasteiger partial charge < -0.3 is 15.4 Å². The lowest BCUT2D eigenvalue weighted by molar-refractivity contribution is -0.147. The predicted molar refractivity (Wildman–Crippen MR) is 100 cm³/mol. The van der Waals surface area contributed by atoms with Crippen LogP contribution in [0.2, 0.25) is 10.0 Å². The molecule has 0 atom stereocenters. The van der Waals surface area contributed by atoms with Gasteiger partial charge in [-0.2, -0.15) is 0 Å². The van der Waals surface area contributed by atoms with Crippen LogP contribution in [-0.4, -0.2) is 24.4 Å². The first-order valence-corrected chi connectivity index (χ1v) is 8.45. The number of hydrogen-bond donors (Lipinski definition) is 2. The van der Waals surface area contributed by atoms with Crippen LogP contribution in [0, 0.1) is 0 Å². The maximum absolute atomic E-state index is 11.9. The van der Waals surface area contributed by atoms with E-state index in [0.717, 1.165) is 0 Å². The maximum Gasteiger partial charge on any atom is 0.306 e. The molecular formula is C18H16Cl2N2O4. The van der Waals surface area contributed by atoms with Gasteiger partial charge in [-0.05, 0) is 24.3 Å². The van der Waals surface area contributed by atoms with Crippen molar-refractivity contribution < 1.29 is 19.1 Å². The Morgan fingerprint density at radius 1 is 0.846 bits per heavy atom. The van der Waals surface area contributed by atoms with Crippen LogP contribution < -0.4 is 10.6 Å². The van der Waals surface area contributed by atoms with E-state index >= 15 is 0 Å². The highest BCUT2D eigenvalue weighted by Crippen LogP contribution is 2.29. The van der Waals surface area contributed by atoms with Crippen molar-refractivity contribution in [1.29, 1.82) is 0 Å². The second-order valence-corrected chi connectivity index (χ2v) is 6.01. The number of nitrogens with one attached hydrogen (secondary N) is 2. The SMILES string of the molecule is O=C(COC(=O)CCC(=O)Nc1cccc(Cl)c1Cl)Nc1ccccc1.